The van der Waals surface area contributed by atoms with Gasteiger partial charge in [-0.1, -0.05) is 42.1 Å². The number of carbonyl (C=O) groups is 1. The van der Waals surface area contributed by atoms with Gasteiger partial charge in [-0.3, -0.25) is 10.2 Å². The molecule has 134 valence electrons. The smallest absolute Gasteiger partial charge is 0.285 e. The fourth-order valence-electron chi connectivity index (χ4n) is 2.73. The standard InChI is InChI=1S/C20H21N3OS2/c1-3-22(4-2)17-12-10-15(11-13-17)14-18-19(24)23(20(25)26-18)21-16-8-6-5-7-9-16/h5-14,21H,3-4H2,1-2H3/b18-14+. The molecule has 1 saturated heterocycles. The van der Waals surface area contributed by atoms with Crippen LogP contribution in [-0.4, -0.2) is 28.3 Å². The van der Waals surface area contributed by atoms with Gasteiger partial charge in [-0.25, -0.2) is 5.01 Å². The van der Waals surface area contributed by atoms with Crippen LogP contribution in [0.15, 0.2) is 59.5 Å². The van der Waals surface area contributed by atoms with Gasteiger partial charge < -0.3 is 4.90 Å². The Morgan fingerprint density at radius 1 is 1.08 bits per heavy atom. The van der Waals surface area contributed by atoms with Crippen molar-refractivity contribution >= 4 is 51.7 Å². The molecular formula is C20H21N3OS2. The van der Waals surface area contributed by atoms with Crippen LogP contribution in [0.3, 0.4) is 0 Å². The van der Waals surface area contributed by atoms with Crippen LogP contribution in [0, 0.1) is 0 Å². The predicted octanol–water partition coefficient (Wildman–Crippen LogP) is 4.76. The lowest BCUT2D eigenvalue weighted by Crippen LogP contribution is -2.33. The van der Waals surface area contributed by atoms with Crippen LogP contribution in [0.4, 0.5) is 11.4 Å². The third kappa shape index (κ3) is 4.08. The molecule has 2 aromatic carbocycles. The van der Waals surface area contributed by atoms with Gasteiger partial charge in [-0.15, -0.1) is 0 Å². The number of benzene rings is 2. The van der Waals surface area contributed by atoms with Crippen molar-refractivity contribution < 1.29 is 4.79 Å². The first-order valence-corrected chi connectivity index (χ1v) is 9.79. The van der Waals surface area contributed by atoms with Crippen molar-refractivity contribution in [2.75, 3.05) is 23.4 Å². The first kappa shape index (κ1) is 18.5. The zero-order valence-corrected chi connectivity index (χ0v) is 16.4. The maximum absolute atomic E-state index is 12.7. The van der Waals surface area contributed by atoms with Crippen LogP contribution >= 0.6 is 24.0 Å². The van der Waals surface area contributed by atoms with Crippen LogP contribution in [0.1, 0.15) is 19.4 Å². The molecule has 0 aromatic heterocycles. The summed E-state index contributed by atoms with van der Waals surface area (Å²) < 4.78 is 0.505. The van der Waals surface area contributed by atoms with Crippen molar-refractivity contribution in [3.05, 3.63) is 65.1 Å². The monoisotopic (exact) mass is 383 g/mol. The van der Waals surface area contributed by atoms with E-state index in [-0.39, 0.29) is 5.91 Å². The second kappa shape index (κ2) is 8.38. The SMILES string of the molecule is CCN(CC)c1ccc(/C=C2/SC(=S)N(Nc3ccccc3)C2=O)cc1. The fourth-order valence-corrected chi connectivity index (χ4v) is 3.91. The molecule has 0 unspecified atom stereocenters. The molecule has 0 saturated carbocycles. The second-order valence-electron chi connectivity index (χ2n) is 5.76. The minimum Gasteiger partial charge on any atom is -0.372 e. The maximum atomic E-state index is 12.7. The van der Waals surface area contributed by atoms with E-state index >= 15 is 0 Å². The highest BCUT2D eigenvalue weighted by Crippen LogP contribution is 2.33. The van der Waals surface area contributed by atoms with Crippen molar-refractivity contribution in [3.63, 3.8) is 0 Å². The lowest BCUT2D eigenvalue weighted by molar-refractivity contribution is -0.121. The van der Waals surface area contributed by atoms with E-state index in [1.165, 1.54) is 22.5 Å². The molecule has 4 nitrogen and oxygen atoms in total. The number of rotatable bonds is 6. The van der Waals surface area contributed by atoms with Gasteiger partial charge in [0.15, 0.2) is 4.32 Å². The normalized spacial score (nSPS) is 15.6. The number of anilines is 2. The Morgan fingerprint density at radius 3 is 2.35 bits per heavy atom. The Kier molecular flexibility index (Phi) is 5.96. The predicted molar refractivity (Wildman–Crippen MR) is 115 cm³/mol. The van der Waals surface area contributed by atoms with E-state index in [0.717, 1.165) is 24.3 Å². The molecule has 3 rings (SSSR count). The second-order valence-corrected chi connectivity index (χ2v) is 7.43. The van der Waals surface area contributed by atoms with Gasteiger partial charge >= 0.3 is 0 Å². The average molecular weight is 384 g/mol. The van der Waals surface area contributed by atoms with Gasteiger partial charge in [0.25, 0.3) is 5.91 Å². The Balaban J connectivity index is 1.75. The van der Waals surface area contributed by atoms with Gasteiger partial charge in [0, 0.05) is 18.8 Å². The zero-order chi connectivity index (χ0) is 18.5. The van der Waals surface area contributed by atoms with Crippen LogP contribution in [-0.2, 0) is 4.79 Å². The molecule has 0 bridgehead atoms. The fraction of sp³-hybridized carbons (Fsp3) is 0.200. The van der Waals surface area contributed by atoms with Crippen LogP contribution in [0.2, 0.25) is 0 Å². The van der Waals surface area contributed by atoms with Crippen molar-refractivity contribution in [3.8, 4) is 0 Å². The van der Waals surface area contributed by atoms with E-state index in [1.807, 2.05) is 48.5 Å². The first-order chi connectivity index (χ1) is 12.6. The molecule has 1 fully saturated rings. The van der Waals surface area contributed by atoms with Crippen molar-refractivity contribution in [2.45, 2.75) is 13.8 Å². The number of amides is 1. The molecule has 0 aliphatic carbocycles. The Labute approximate surface area is 163 Å². The summed E-state index contributed by atoms with van der Waals surface area (Å²) in [5.74, 6) is -0.128. The summed E-state index contributed by atoms with van der Waals surface area (Å²) in [6.45, 7) is 6.23. The van der Waals surface area contributed by atoms with Gasteiger partial charge in [0.2, 0.25) is 0 Å². The number of carbonyl (C=O) groups excluding carboxylic acids is 1. The zero-order valence-electron chi connectivity index (χ0n) is 14.8. The molecule has 2 aromatic rings. The molecule has 1 N–H and O–H groups in total. The number of hydrogen-bond acceptors (Lipinski definition) is 5. The van der Waals surface area contributed by atoms with E-state index in [4.69, 9.17) is 12.2 Å². The molecule has 0 atom stereocenters. The number of hydrazine groups is 1. The summed E-state index contributed by atoms with van der Waals surface area (Å²) in [5, 5.41) is 1.42. The summed E-state index contributed by atoms with van der Waals surface area (Å²) in [5.41, 5.74) is 6.07. The number of nitrogens with one attached hydrogen (secondary N) is 1. The molecule has 1 heterocycles. The van der Waals surface area contributed by atoms with Crippen molar-refractivity contribution in [1.82, 2.24) is 5.01 Å². The minimum absolute atomic E-state index is 0.128. The number of hydrogen-bond donors (Lipinski definition) is 1. The topological polar surface area (TPSA) is 35.6 Å². The van der Waals surface area contributed by atoms with E-state index < -0.39 is 0 Å². The van der Waals surface area contributed by atoms with E-state index in [1.54, 1.807) is 0 Å². The summed E-state index contributed by atoms with van der Waals surface area (Å²) in [4.78, 5) is 15.6. The minimum atomic E-state index is -0.128. The van der Waals surface area contributed by atoms with E-state index in [0.29, 0.717) is 9.23 Å². The third-order valence-corrected chi connectivity index (χ3v) is 5.43. The summed E-state index contributed by atoms with van der Waals surface area (Å²) >= 11 is 6.67. The summed E-state index contributed by atoms with van der Waals surface area (Å²) in [6, 6.07) is 17.8. The highest BCUT2D eigenvalue weighted by atomic mass is 32.2. The van der Waals surface area contributed by atoms with Crippen molar-refractivity contribution in [1.29, 1.82) is 0 Å². The Bertz CT molecular complexity index is 815. The number of thiocarbonyl (C=S) groups is 1. The lowest BCUT2D eigenvalue weighted by atomic mass is 10.1. The molecule has 6 heteroatoms. The van der Waals surface area contributed by atoms with Gasteiger partial charge in [0.1, 0.15) is 0 Å². The Hall–Kier alpha value is -2.31. The molecule has 1 aliphatic rings. The van der Waals surface area contributed by atoms with E-state index in [2.05, 4.69) is 36.3 Å². The summed E-state index contributed by atoms with van der Waals surface area (Å²) in [7, 11) is 0. The lowest BCUT2D eigenvalue weighted by Gasteiger charge is -2.20. The highest BCUT2D eigenvalue weighted by molar-refractivity contribution is 8.26. The Morgan fingerprint density at radius 2 is 1.73 bits per heavy atom. The first-order valence-electron chi connectivity index (χ1n) is 8.57. The number of para-hydroxylation sites is 1. The van der Waals surface area contributed by atoms with Gasteiger partial charge in [0.05, 0.1) is 10.6 Å². The highest BCUT2D eigenvalue weighted by Gasteiger charge is 2.32. The van der Waals surface area contributed by atoms with Crippen LogP contribution in [0.25, 0.3) is 6.08 Å². The summed E-state index contributed by atoms with van der Waals surface area (Å²) in [6.07, 6.45) is 1.89. The molecule has 26 heavy (non-hydrogen) atoms. The number of thioether (sulfide) groups is 1. The largest absolute Gasteiger partial charge is 0.372 e. The van der Waals surface area contributed by atoms with Gasteiger partial charge in [-0.05, 0) is 62.0 Å². The molecular weight excluding hydrogens is 362 g/mol. The molecule has 0 radical (unpaired) electrons. The molecule has 1 amide bonds. The molecule has 0 spiro atoms. The van der Waals surface area contributed by atoms with E-state index in [9.17, 15) is 4.79 Å². The quantitative estimate of drug-likeness (QED) is 0.575. The van der Waals surface area contributed by atoms with Crippen LogP contribution in [0.5, 0.6) is 0 Å². The third-order valence-electron chi connectivity index (χ3n) is 4.13. The van der Waals surface area contributed by atoms with Crippen molar-refractivity contribution in [2.24, 2.45) is 0 Å². The maximum Gasteiger partial charge on any atom is 0.285 e. The molecule has 1 aliphatic heterocycles. The number of nitrogens with zero attached hydrogens (tertiary/aromatic N) is 2. The van der Waals surface area contributed by atoms with Gasteiger partial charge in [-0.2, -0.15) is 0 Å². The van der Waals surface area contributed by atoms with Crippen LogP contribution < -0.4 is 10.3 Å². The average Bonchev–Trinajstić information content (AvgIpc) is 2.92.